The zero-order chi connectivity index (χ0) is 17.4. The molecule has 5 heteroatoms. The molecule has 2 fully saturated rings. The number of hydrogen-bond donors (Lipinski definition) is 2. The van der Waals surface area contributed by atoms with Gasteiger partial charge in [-0.1, -0.05) is 48.0 Å². The summed E-state index contributed by atoms with van der Waals surface area (Å²) in [6.07, 6.45) is 2.60. The van der Waals surface area contributed by atoms with E-state index >= 15 is 0 Å². The molecule has 2 aromatic carbocycles. The molecule has 130 valence electrons. The van der Waals surface area contributed by atoms with Crippen molar-refractivity contribution in [2.75, 3.05) is 0 Å². The van der Waals surface area contributed by atoms with Gasteiger partial charge in [0.15, 0.2) is 0 Å². The van der Waals surface area contributed by atoms with E-state index in [2.05, 4.69) is 10.5 Å². The minimum atomic E-state index is -0.340. The SMILES string of the molecule is ON=C1[C@H]2CCC[C@@H]1C(c1ccccc1F)NC2c1ccccc1F. The molecule has 2 aromatic rings. The van der Waals surface area contributed by atoms with Gasteiger partial charge in [-0.25, -0.2) is 8.78 Å². The Morgan fingerprint density at radius 1 is 0.840 bits per heavy atom. The van der Waals surface area contributed by atoms with Gasteiger partial charge in [-0.2, -0.15) is 0 Å². The van der Waals surface area contributed by atoms with Crippen LogP contribution in [0.2, 0.25) is 0 Å². The number of hydrogen-bond acceptors (Lipinski definition) is 3. The van der Waals surface area contributed by atoms with Gasteiger partial charge in [-0.15, -0.1) is 0 Å². The van der Waals surface area contributed by atoms with Crippen molar-refractivity contribution in [3.8, 4) is 0 Å². The molecule has 1 aliphatic carbocycles. The second kappa shape index (κ2) is 6.56. The summed E-state index contributed by atoms with van der Waals surface area (Å²) < 4.78 is 28.8. The van der Waals surface area contributed by atoms with Crippen LogP contribution in [-0.2, 0) is 0 Å². The number of benzene rings is 2. The second-order valence-electron chi connectivity index (χ2n) is 6.83. The zero-order valence-corrected chi connectivity index (χ0v) is 13.7. The molecule has 1 saturated heterocycles. The van der Waals surface area contributed by atoms with Crippen molar-refractivity contribution in [2.24, 2.45) is 17.0 Å². The molecule has 2 aliphatic rings. The Morgan fingerprint density at radius 3 is 1.76 bits per heavy atom. The van der Waals surface area contributed by atoms with E-state index in [1.165, 1.54) is 12.1 Å². The topological polar surface area (TPSA) is 44.6 Å². The number of nitrogens with one attached hydrogen (secondary N) is 1. The third-order valence-electron chi connectivity index (χ3n) is 5.55. The highest BCUT2D eigenvalue weighted by Crippen LogP contribution is 2.47. The number of nitrogens with zero attached hydrogens (tertiary/aromatic N) is 1. The van der Waals surface area contributed by atoms with Crippen LogP contribution in [0.25, 0.3) is 0 Å². The smallest absolute Gasteiger partial charge is 0.128 e. The summed E-state index contributed by atoms with van der Waals surface area (Å²) in [6, 6.07) is 12.6. The van der Waals surface area contributed by atoms with Crippen LogP contribution >= 0.6 is 0 Å². The summed E-state index contributed by atoms with van der Waals surface area (Å²) in [5.41, 5.74) is 1.73. The first-order valence-corrected chi connectivity index (χ1v) is 8.67. The van der Waals surface area contributed by atoms with Crippen LogP contribution in [0.3, 0.4) is 0 Å². The van der Waals surface area contributed by atoms with E-state index < -0.39 is 0 Å². The predicted molar refractivity (Wildman–Crippen MR) is 91.5 cm³/mol. The van der Waals surface area contributed by atoms with Gasteiger partial charge in [-0.05, 0) is 25.0 Å². The van der Waals surface area contributed by atoms with Crippen molar-refractivity contribution in [2.45, 2.75) is 31.3 Å². The summed E-state index contributed by atoms with van der Waals surface area (Å²) in [5, 5.41) is 16.7. The number of rotatable bonds is 2. The molecule has 1 heterocycles. The summed E-state index contributed by atoms with van der Waals surface area (Å²) in [4.78, 5) is 0. The highest BCUT2D eigenvalue weighted by molar-refractivity contribution is 5.91. The summed E-state index contributed by atoms with van der Waals surface area (Å²) >= 11 is 0. The Labute approximate surface area is 145 Å². The average molecular weight is 342 g/mol. The molecule has 4 rings (SSSR count). The lowest BCUT2D eigenvalue weighted by Crippen LogP contribution is -2.51. The fourth-order valence-electron chi connectivity index (χ4n) is 4.45. The first-order chi connectivity index (χ1) is 12.2. The van der Waals surface area contributed by atoms with E-state index in [0.29, 0.717) is 16.8 Å². The maximum absolute atomic E-state index is 14.4. The lowest BCUT2D eigenvalue weighted by Gasteiger charge is -2.46. The van der Waals surface area contributed by atoms with Crippen molar-refractivity contribution in [1.29, 1.82) is 0 Å². The van der Waals surface area contributed by atoms with Crippen LogP contribution < -0.4 is 5.32 Å². The van der Waals surface area contributed by atoms with E-state index in [0.717, 1.165) is 19.3 Å². The Bertz CT molecular complexity index is 746. The van der Waals surface area contributed by atoms with Crippen LogP contribution in [0.5, 0.6) is 0 Å². The van der Waals surface area contributed by atoms with Crippen LogP contribution in [0.1, 0.15) is 42.5 Å². The molecule has 1 aliphatic heterocycles. The van der Waals surface area contributed by atoms with E-state index in [1.807, 2.05) is 0 Å². The largest absolute Gasteiger partial charge is 0.411 e. The first kappa shape index (κ1) is 16.2. The fraction of sp³-hybridized carbons (Fsp3) is 0.350. The molecule has 4 atom stereocenters. The quantitative estimate of drug-likeness (QED) is 0.619. The van der Waals surface area contributed by atoms with Gasteiger partial charge >= 0.3 is 0 Å². The molecule has 2 unspecified atom stereocenters. The molecule has 0 spiro atoms. The molecule has 3 nitrogen and oxygen atoms in total. The summed E-state index contributed by atoms with van der Waals surface area (Å²) in [7, 11) is 0. The third-order valence-corrected chi connectivity index (χ3v) is 5.55. The van der Waals surface area contributed by atoms with Crippen molar-refractivity contribution in [3.63, 3.8) is 0 Å². The maximum Gasteiger partial charge on any atom is 0.128 e. The van der Waals surface area contributed by atoms with Crippen molar-refractivity contribution < 1.29 is 14.0 Å². The highest BCUT2D eigenvalue weighted by atomic mass is 19.1. The maximum atomic E-state index is 14.4. The molecule has 0 amide bonds. The normalized spacial score (nSPS) is 30.4. The van der Waals surface area contributed by atoms with Crippen LogP contribution in [-0.4, -0.2) is 10.9 Å². The van der Waals surface area contributed by atoms with Gasteiger partial charge in [0.05, 0.1) is 5.71 Å². The highest BCUT2D eigenvalue weighted by Gasteiger charge is 2.46. The molecule has 0 radical (unpaired) electrons. The van der Waals surface area contributed by atoms with Crippen LogP contribution in [0, 0.1) is 23.5 Å². The zero-order valence-electron chi connectivity index (χ0n) is 13.7. The Balaban J connectivity index is 1.81. The Morgan fingerprint density at radius 2 is 1.32 bits per heavy atom. The van der Waals surface area contributed by atoms with Crippen molar-refractivity contribution >= 4 is 5.71 Å². The van der Waals surface area contributed by atoms with Gasteiger partial charge in [0.1, 0.15) is 11.6 Å². The summed E-state index contributed by atoms with van der Waals surface area (Å²) in [6.45, 7) is 0. The van der Waals surface area contributed by atoms with Gasteiger partial charge in [-0.3, -0.25) is 0 Å². The van der Waals surface area contributed by atoms with Crippen molar-refractivity contribution in [1.82, 2.24) is 5.32 Å². The van der Waals surface area contributed by atoms with Gasteiger partial charge in [0, 0.05) is 35.0 Å². The first-order valence-electron chi connectivity index (χ1n) is 8.67. The number of halogens is 2. The molecule has 2 bridgehead atoms. The van der Waals surface area contributed by atoms with Crippen LogP contribution in [0.4, 0.5) is 8.78 Å². The Hall–Kier alpha value is -2.27. The number of piperidine rings is 1. The molecular formula is C20H20F2N2O. The molecule has 25 heavy (non-hydrogen) atoms. The molecule has 0 aromatic heterocycles. The minimum Gasteiger partial charge on any atom is -0.411 e. The second-order valence-corrected chi connectivity index (χ2v) is 6.83. The summed E-state index contributed by atoms with van der Waals surface area (Å²) in [5.74, 6) is -0.755. The standard InChI is InChI=1S/C20H20F2N2O/c21-16-10-3-1-6-12(16)18-14-8-5-9-15(20(14)24-25)19(23-18)13-7-2-4-11-17(13)22/h1-4,6-7,10-11,14-15,18-19,23,25H,5,8-9H2/t14-,15+,18?,19?. The van der Waals surface area contributed by atoms with E-state index in [4.69, 9.17) is 0 Å². The lowest BCUT2D eigenvalue weighted by atomic mass is 9.67. The third kappa shape index (κ3) is 2.72. The number of oxime groups is 1. The number of fused-ring (bicyclic) bond motifs is 2. The lowest BCUT2D eigenvalue weighted by molar-refractivity contribution is 0.209. The van der Waals surface area contributed by atoms with E-state index in [-0.39, 0.29) is 35.6 Å². The molecule has 2 N–H and O–H groups in total. The van der Waals surface area contributed by atoms with Gasteiger partial charge in [0.25, 0.3) is 0 Å². The monoisotopic (exact) mass is 342 g/mol. The Kier molecular flexibility index (Phi) is 4.25. The van der Waals surface area contributed by atoms with E-state index in [9.17, 15) is 14.0 Å². The predicted octanol–water partition coefficient (Wildman–Crippen LogP) is 4.60. The van der Waals surface area contributed by atoms with Crippen LogP contribution in [0.15, 0.2) is 53.7 Å². The van der Waals surface area contributed by atoms with E-state index in [1.54, 1.807) is 36.4 Å². The average Bonchev–Trinajstić information content (AvgIpc) is 2.63. The van der Waals surface area contributed by atoms with Crippen molar-refractivity contribution in [3.05, 3.63) is 71.3 Å². The minimum absolute atomic E-state index is 0.0799. The van der Waals surface area contributed by atoms with Gasteiger partial charge < -0.3 is 10.5 Å². The fourth-order valence-corrected chi connectivity index (χ4v) is 4.45. The van der Waals surface area contributed by atoms with Gasteiger partial charge in [0.2, 0.25) is 0 Å². The molecular weight excluding hydrogens is 322 g/mol. The molecule has 1 saturated carbocycles.